The van der Waals surface area contributed by atoms with Crippen LogP contribution in [0.15, 0.2) is 0 Å². The molecule has 0 rings (SSSR count). The highest BCUT2D eigenvalue weighted by Gasteiger charge is 2.07. The molecule has 0 aromatic rings. The van der Waals surface area contributed by atoms with Gasteiger partial charge in [-0.2, -0.15) is 0 Å². The van der Waals surface area contributed by atoms with Crippen LogP contribution in [-0.2, 0) is 14.4 Å². The summed E-state index contributed by atoms with van der Waals surface area (Å²) >= 11 is 0. The van der Waals surface area contributed by atoms with Crippen molar-refractivity contribution in [2.45, 2.75) is 148 Å². The predicted octanol–water partition coefficient (Wildman–Crippen LogP) is 6.50. The van der Waals surface area contributed by atoms with Crippen molar-refractivity contribution >= 4 is 17.7 Å². The van der Waals surface area contributed by atoms with Crippen molar-refractivity contribution in [3.8, 4) is 0 Å². The van der Waals surface area contributed by atoms with Gasteiger partial charge in [0, 0.05) is 38.9 Å². The second-order valence-electron chi connectivity index (χ2n) is 11.5. The first kappa shape index (κ1) is 37.4. The Hall–Kier alpha value is -1.63. The number of carbonyl (C=O) groups is 3. The van der Waals surface area contributed by atoms with Crippen LogP contribution in [0.5, 0.6) is 0 Å². The summed E-state index contributed by atoms with van der Waals surface area (Å²) in [6.45, 7) is 4.88. The van der Waals surface area contributed by atoms with Gasteiger partial charge in [-0.15, -0.1) is 0 Å². The molecule has 3 amide bonds. The first-order chi connectivity index (χ1) is 19.0. The molecule has 0 radical (unpaired) electrons. The zero-order valence-electron chi connectivity index (χ0n) is 26.1. The highest BCUT2D eigenvalue weighted by molar-refractivity contribution is 5.83. The molecule has 0 aromatic heterocycles. The number of nitrogens with one attached hydrogen (secondary N) is 3. The van der Waals surface area contributed by atoms with Gasteiger partial charge in [0.05, 0.1) is 0 Å². The minimum absolute atomic E-state index is 0.0556. The van der Waals surface area contributed by atoms with Gasteiger partial charge >= 0.3 is 0 Å². The molecule has 230 valence electrons. The molecular weight excluding hydrogens is 488 g/mol. The molecule has 0 aliphatic heterocycles. The lowest BCUT2D eigenvalue weighted by Gasteiger charge is -2.09. The monoisotopic (exact) mass is 552 g/mol. The van der Waals surface area contributed by atoms with Crippen molar-refractivity contribution in [3.63, 3.8) is 0 Å². The number of hydrogen-bond acceptors (Lipinski definition) is 4. The van der Waals surface area contributed by atoms with Gasteiger partial charge in [0.15, 0.2) is 0 Å². The third-order valence-corrected chi connectivity index (χ3v) is 7.21. The number of unbranched alkanes of at least 4 members (excludes halogenated alkanes) is 17. The van der Waals surface area contributed by atoms with Crippen LogP contribution in [0, 0.1) is 0 Å². The molecule has 0 saturated carbocycles. The summed E-state index contributed by atoms with van der Waals surface area (Å²) in [6, 6.07) is 0. The lowest BCUT2D eigenvalue weighted by molar-refractivity contribution is -0.126. The van der Waals surface area contributed by atoms with Crippen LogP contribution >= 0.6 is 0 Å². The van der Waals surface area contributed by atoms with E-state index in [9.17, 15) is 14.4 Å². The molecular formula is C32H64N4O3. The lowest BCUT2D eigenvalue weighted by Crippen LogP contribution is -2.35. The zero-order valence-corrected chi connectivity index (χ0v) is 26.1. The van der Waals surface area contributed by atoms with E-state index in [1.807, 2.05) is 0 Å². The molecule has 7 nitrogen and oxygen atoms in total. The van der Waals surface area contributed by atoms with Gasteiger partial charge in [0.1, 0.15) is 0 Å². The van der Waals surface area contributed by atoms with Crippen molar-refractivity contribution in [1.29, 1.82) is 0 Å². The van der Waals surface area contributed by atoms with E-state index in [2.05, 4.69) is 41.9 Å². The molecule has 7 heteroatoms. The van der Waals surface area contributed by atoms with Gasteiger partial charge in [-0.05, 0) is 39.9 Å². The van der Waals surface area contributed by atoms with Crippen LogP contribution < -0.4 is 16.0 Å². The van der Waals surface area contributed by atoms with Crippen molar-refractivity contribution < 1.29 is 14.4 Å². The SMILES string of the molecule is CCCCCCCCCCCCCCCCCC(=O)NCCNC(=O)CCC(=O)NCCCCCCN(C)C. The minimum Gasteiger partial charge on any atom is -0.356 e. The fourth-order valence-electron chi connectivity index (χ4n) is 4.69. The smallest absolute Gasteiger partial charge is 0.220 e. The standard InChI is InChI=1S/C32H64N4O3/c1-4-5-6-7-8-9-10-11-12-13-14-15-16-17-20-23-30(37)34-27-28-35-32(39)25-24-31(38)33-26-21-18-19-22-29-36(2)3/h4-29H2,1-3H3,(H,33,38)(H,34,37)(H,35,39). The summed E-state index contributed by atoms with van der Waals surface area (Å²) in [6.07, 6.45) is 25.1. The summed E-state index contributed by atoms with van der Waals surface area (Å²) < 4.78 is 0. The summed E-state index contributed by atoms with van der Waals surface area (Å²) in [5, 5.41) is 8.54. The minimum atomic E-state index is -0.148. The third-order valence-electron chi connectivity index (χ3n) is 7.21. The molecule has 0 unspecified atom stereocenters. The molecule has 0 saturated heterocycles. The molecule has 0 atom stereocenters. The van der Waals surface area contributed by atoms with E-state index in [4.69, 9.17) is 0 Å². The Bertz CT molecular complexity index is 584. The van der Waals surface area contributed by atoms with Crippen molar-refractivity contribution in [3.05, 3.63) is 0 Å². The molecule has 39 heavy (non-hydrogen) atoms. The Labute approximate surface area is 241 Å². The van der Waals surface area contributed by atoms with E-state index < -0.39 is 0 Å². The Morgan fingerprint density at radius 3 is 1.26 bits per heavy atom. The molecule has 0 spiro atoms. The van der Waals surface area contributed by atoms with Gasteiger partial charge < -0.3 is 20.9 Å². The molecule has 0 aromatic carbocycles. The van der Waals surface area contributed by atoms with Crippen LogP contribution in [0.2, 0.25) is 0 Å². The van der Waals surface area contributed by atoms with Crippen molar-refractivity contribution in [2.24, 2.45) is 0 Å². The molecule has 3 N–H and O–H groups in total. The molecule has 0 heterocycles. The topological polar surface area (TPSA) is 90.5 Å². The average molecular weight is 553 g/mol. The average Bonchev–Trinajstić information content (AvgIpc) is 2.91. The first-order valence-corrected chi connectivity index (χ1v) is 16.4. The Balaban J connectivity index is 3.38. The molecule has 0 fully saturated rings. The van der Waals surface area contributed by atoms with Crippen LogP contribution in [0.3, 0.4) is 0 Å². The maximum atomic E-state index is 12.0. The van der Waals surface area contributed by atoms with Gasteiger partial charge in [-0.1, -0.05) is 110 Å². The third kappa shape index (κ3) is 30.8. The van der Waals surface area contributed by atoms with E-state index in [0.29, 0.717) is 26.1 Å². The van der Waals surface area contributed by atoms with Crippen molar-refractivity contribution in [2.75, 3.05) is 40.3 Å². The Morgan fingerprint density at radius 2 is 0.795 bits per heavy atom. The summed E-state index contributed by atoms with van der Waals surface area (Å²) in [7, 11) is 4.16. The number of amides is 3. The summed E-state index contributed by atoms with van der Waals surface area (Å²) in [4.78, 5) is 37.9. The summed E-state index contributed by atoms with van der Waals surface area (Å²) in [5.74, 6) is -0.166. The second kappa shape index (κ2) is 29.4. The van der Waals surface area contributed by atoms with Gasteiger partial charge in [-0.3, -0.25) is 14.4 Å². The van der Waals surface area contributed by atoms with Crippen molar-refractivity contribution in [1.82, 2.24) is 20.9 Å². The van der Waals surface area contributed by atoms with Crippen LogP contribution in [0.4, 0.5) is 0 Å². The Morgan fingerprint density at radius 1 is 0.436 bits per heavy atom. The van der Waals surface area contributed by atoms with E-state index in [0.717, 1.165) is 32.2 Å². The van der Waals surface area contributed by atoms with Crippen LogP contribution in [-0.4, -0.2) is 62.9 Å². The zero-order chi connectivity index (χ0) is 28.8. The fourth-order valence-corrected chi connectivity index (χ4v) is 4.69. The van der Waals surface area contributed by atoms with Crippen LogP contribution in [0.1, 0.15) is 148 Å². The highest BCUT2D eigenvalue weighted by Crippen LogP contribution is 2.13. The van der Waals surface area contributed by atoms with E-state index in [-0.39, 0.29) is 30.6 Å². The Kier molecular flexibility index (Phi) is 28.1. The maximum Gasteiger partial charge on any atom is 0.220 e. The molecule has 0 bridgehead atoms. The molecule has 0 aliphatic carbocycles. The fraction of sp³-hybridized carbons (Fsp3) is 0.906. The largest absolute Gasteiger partial charge is 0.356 e. The molecule has 0 aliphatic rings. The van der Waals surface area contributed by atoms with E-state index >= 15 is 0 Å². The predicted molar refractivity (Wildman–Crippen MR) is 165 cm³/mol. The normalized spacial score (nSPS) is 11.1. The number of hydrogen-bond donors (Lipinski definition) is 3. The second-order valence-corrected chi connectivity index (χ2v) is 11.5. The number of nitrogens with zero attached hydrogens (tertiary/aromatic N) is 1. The highest BCUT2D eigenvalue weighted by atomic mass is 16.2. The van der Waals surface area contributed by atoms with Crippen LogP contribution in [0.25, 0.3) is 0 Å². The lowest BCUT2D eigenvalue weighted by atomic mass is 10.0. The van der Waals surface area contributed by atoms with Gasteiger partial charge in [0.2, 0.25) is 17.7 Å². The number of rotatable bonds is 29. The van der Waals surface area contributed by atoms with E-state index in [1.165, 1.54) is 96.3 Å². The number of carbonyl (C=O) groups excluding carboxylic acids is 3. The summed E-state index contributed by atoms with van der Waals surface area (Å²) in [5.41, 5.74) is 0. The van der Waals surface area contributed by atoms with Gasteiger partial charge in [-0.25, -0.2) is 0 Å². The quantitative estimate of drug-likeness (QED) is 0.0924. The van der Waals surface area contributed by atoms with Gasteiger partial charge in [0.25, 0.3) is 0 Å². The maximum absolute atomic E-state index is 12.0. The first-order valence-electron chi connectivity index (χ1n) is 16.4. The van der Waals surface area contributed by atoms with E-state index in [1.54, 1.807) is 0 Å².